The summed E-state index contributed by atoms with van der Waals surface area (Å²) in [5.74, 6) is 0. The van der Waals surface area contributed by atoms with Gasteiger partial charge in [0.15, 0.2) is 0 Å². The minimum Gasteiger partial charge on any atom is -0.176 e. The van der Waals surface area contributed by atoms with E-state index in [9.17, 15) is 0 Å². The molecule has 0 saturated carbocycles. The van der Waals surface area contributed by atoms with Gasteiger partial charge >= 0.3 is 0 Å². The molecule has 0 N–H and O–H groups in total. The van der Waals surface area contributed by atoms with Crippen molar-refractivity contribution >= 4 is 12.6 Å². The third kappa shape index (κ3) is 20.4. The van der Waals surface area contributed by atoms with E-state index in [4.69, 9.17) is 0 Å². The fourth-order valence-corrected chi connectivity index (χ4v) is 3.17. The first kappa shape index (κ1) is 21.4. The van der Waals surface area contributed by atoms with Crippen molar-refractivity contribution in [2.24, 2.45) is 0 Å². The SMILES string of the molecule is CCCCCCCCCCCCCCCCCCC(C)S. The Labute approximate surface area is 141 Å². The molecule has 0 heterocycles. The van der Waals surface area contributed by atoms with Gasteiger partial charge in [-0.25, -0.2) is 0 Å². The molecular formula is C20H42S. The maximum Gasteiger partial charge on any atom is -0.00116 e. The van der Waals surface area contributed by atoms with Crippen LogP contribution in [-0.2, 0) is 0 Å². The van der Waals surface area contributed by atoms with Crippen molar-refractivity contribution < 1.29 is 0 Å². The van der Waals surface area contributed by atoms with Crippen LogP contribution in [0, 0.1) is 0 Å². The Hall–Kier alpha value is 0.350. The van der Waals surface area contributed by atoms with Gasteiger partial charge in [0.2, 0.25) is 0 Å². The van der Waals surface area contributed by atoms with Crippen molar-refractivity contribution in [3.8, 4) is 0 Å². The summed E-state index contributed by atoms with van der Waals surface area (Å²) in [7, 11) is 0. The number of thiol groups is 1. The molecule has 0 aliphatic heterocycles. The zero-order chi connectivity index (χ0) is 15.6. The van der Waals surface area contributed by atoms with Gasteiger partial charge < -0.3 is 0 Å². The van der Waals surface area contributed by atoms with Crippen molar-refractivity contribution in [2.45, 2.75) is 128 Å². The Bertz CT molecular complexity index is 177. The molecule has 1 unspecified atom stereocenters. The molecule has 0 aromatic rings. The molecule has 0 amide bonds. The first-order valence-electron chi connectivity index (χ1n) is 9.95. The highest BCUT2D eigenvalue weighted by Gasteiger charge is 1.96. The lowest BCUT2D eigenvalue weighted by Crippen LogP contribution is -1.90. The summed E-state index contributed by atoms with van der Waals surface area (Å²) in [6.07, 6.45) is 24.5. The summed E-state index contributed by atoms with van der Waals surface area (Å²) < 4.78 is 0. The Morgan fingerprint density at radius 3 is 1.10 bits per heavy atom. The molecule has 1 heteroatoms. The van der Waals surface area contributed by atoms with Crippen LogP contribution in [0.15, 0.2) is 0 Å². The Morgan fingerprint density at radius 1 is 0.524 bits per heavy atom. The maximum absolute atomic E-state index is 4.43. The van der Waals surface area contributed by atoms with Gasteiger partial charge in [0.05, 0.1) is 0 Å². The number of rotatable bonds is 17. The van der Waals surface area contributed by atoms with E-state index in [0.29, 0.717) is 5.25 Å². The van der Waals surface area contributed by atoms with Crippen molar-refractivity contribution in [3.05, 3.63) is 0 Å². The number of hydrogen-bond acceptors (Lipinski definition) is 1. The highest BCUT2D eigenvalue weighted by Crippen LogP contribution is 2.14. The molecule has 1 atom stereocenters. The topological polar surface area (TPSA) is 0 Å². The van der Waals surface area contributed by atoms with Crippen LogP contribution in [0.4, 0.5) is 0 Å². The minimum absolute atomic E-state index is 0.594. The third-order valence-electron chi connectivity index (χ3n) is 4.48. The van der Waals surface area contributed by atoms with Gasteiger partial charge in [-0.3, -0.25) is 0 Å². The summed E-state index contributed by atoms with van der Waals surface area (Å²) >= 11 is 4.43. The molecule has 0 spiro atoms. The fourth-order valence-electron chi connectivity index (χ4n) is 2.99. The second-order valence-electron chi connectivity index (χ2n) is 6.94. The molecule has 0 rings (SSSR count). The Kier molecular flexibility index (Phi) is 18.7. The van der Waals surface area contributed by atoms with Crippen molar-refractivity contribution in [1.82, 2.24) is 0 Å². The summed E-state index contributed by atoms with van der Waals surface area (Å²) in [5.41, 5.74) is 0. The molecule has 0 radical (unpaired) electrons. The normalized spacial score (nSPS) is 12.7. The molecule has 0 aliphatic rings. The van der Waals surface area contributed by atoms with Gasteiger partial charge in [-0.2, -0.15) is 12.6 Å². The van der Waals surface area contributed by atoms with Crippen LogP contribution in [0.25, 0.3) is 0 Å². The zero-order valence-corrected chi connectivity index (χ0v) is 15.9. The average Bonchev–Trinajstić information content (AvgIpc) is 2.46. The lowest BCUT2D eigenvalue weighted by atomic mass is 10.0. The molecule has 0 aliphatic carbocycles. The van der Waals surface area contributed by atoms with Crippen LogP contribution in [0.3, 0.4) is 0 Å². The third-order valence-corrected chi connectivity index (χ3v) is 4.73. The first-order valence-corrected chi connectivity index (χ1v) is 10.5. The fraction of sp³-hybridized carbons (Fsp3) is 1.00. The van der Waals surface area contributed by atoms with Crippen LogP contribution >= 0.6 is 12.6 Å². The van der Waals surface area contributed by atoms with Crippen LogP contribution in [-0.4, -0.2) is 5.25 Å². The predicted molar refractivity (Wildman–Crippen MR) is 103 cm³/mol. The van der Waals surface area contributed by atoms with E-state index in [1.54, 1.807) is 0 Å². The van der Waals surface area contributed by atoms with E-state index in [0.717, 1.165) is 0 Å². The van der Waals surface area contributed by atoms with E-state index in [1.807, 2.05) is 0 Å². The molecule has 0 aromatic heterocycles. The largest absolute Gasteiger partial charge is 0.176 e. The summed E-state index contributed by atoms with van der Waals surface area (Å²) in [6.45, 7) is 4.50. The zero-order valence-electron chi connectivity index (χ0n) is 15.0. The van der Waals surface area contributed by atoms with E-state index < -0.39 is 0 Å². The molecule has 0 bridgehead atoms. The van der Waals surface area contributed by atoms with Gasteiger partial charge in [-0.05, 0) is 11.7 Å². The van der Waals surface area contributed by atoms with Crippen molar-refractivity contribution in [3.63, 3.8) is 0 Å². The van der Waals surface area contributed by atoms with Gasteiger partial charge in [-0.15, -0.1) is 0 Å². The predicted octanol–water partition coefficient (Wildman–Crippen LogP) is 7.96. The van der Waals surface area contributed by atoms with Crippen LogP contribution < -0.4 is 0 Å². The first-order chi connectivity index (χ1) is 10.3. The molecule has 128 valence electrons. The highest BCUT2D eigenvalue weighted by molar-refractivity contribution is 7.80. The van der Waals surface area contributed by atoms with Crippen LogP contribution in [0.1, 0.15) is 123 Å². The van der Waals surface area contributed by atoms with E-state index in [2.05, 4.69) is 26.5 Å². The number of unbranched alkanes of at least 4 members (excludes halogenated alkanes) is 15. The second-order valence-corrected chi connectivity index (χ2v) is 7.82. The quantitative estimate of drug-likeness (QED) is 0.204. The van der Waals surface area contributed by atoms with Crippen LogP contribution in [0.2, 0.25) is 0 Å². The second kappa shape index (κ2) is 18.4. The summed E-state index contributed by atoms with van der Waals surface area (Å²) in [4.78, 5) is 0. The van der Waals surface area contributed by atoms with E-state index in [-0.39, 0.29) is 0 Å². The van der Waals surface area contributed by atoms with Crippen molar-refractivity contribution in [1.29, 1.82) is 0 Å². The van der Waals surface area contributed by atoms with Crippen LogP contribution in [0.5, 0.6) is 0 Å². The van der Waals surface area contributed by atoms with Gasteiger partial charge in [-0.1, -0.05) is 117 Å². The molecule has 0 aromatic carbocycles. The lowest BCUT2D eigenvalue weighted by Gasteiger charge is -2.04. The van der Waals surface area contributed by atoms with Crippen molar-refractivity contribution in [2.75, 3.05) is 0 Å². The minimum atomic E-state index is 0.594. The Balaban J connectivity index is 2.93. The van der Waals surface area contributed by atoms with Gasteiger partial charge in [0.25, 0.3) is 0 Å². The Morgan fingerprint density at radius 2 is 0.810 bits per heavy atom. The maximum atomic E-state index is 4.43. The summed E-state index contributed by atoms with van der Waals surface area (Å²) in [6, 6.07) is 0. The summed E-state index contributed by atoms with van der Waals surface area (Å²) in [5, 5.41) is 0.594. The molecule has 0 nitrogen and oxygen atoms in total. The molecule has 0 saturated heterocycles. The molecular weight excluding hydrogens is 272 g/mol. The van der Waals surface area contributed by atoms with Gasteiger partial charge in [0.1, 0.15) is 0 Å². The molecule has 21 heavy (non-hydrogen) atoms. The monoisotopic (exact) mass is 314 g/mol. The van der Waals surface area contributed by atoms with E-state index in [1.165, 1.54) is 109 Å². The molecule has 0 fully saturated rings. The number of hydrogen-bond donors (Lipinski definition) is 1. The highest BCUT2D eigenvalue weighted by atomic mass is 32.1. The average molecular weight is 315 g/mol. The van der Waals surface area contributed by atoms with E-state index >= 15 is 0 Å². The smallest absolute Gasteiger partial charge is 0.00116 e. The van der Waals surface area contributed by atoms with Gasteiger partial charge in [0, 0.05) is 0 Å². The standard InChI is InChI=1S/C20H42S/c1-3-4-5-6-7-8-9-10-11-12-13-14-15-16-17-18-19-20(2)21/h20-21H,3-19H2,1-2H3. The lowest BCUT2D eigenvalue weighted by molar-refractivity contribution is 0.527.